The van der Waals surface area contributed by atoms with E-state index in [0.717, 1.165) is 11.3 Å². The average Bonchev–Trinajstić information content (AvgIpc) is 2.74. The van der Waals surface area contributed by atoms with E-state index in [1.54, 1.807) is 0 Å². The van der Waals surface area contributed by atoms with Crippen LogP contribution in [0.25, 0.3) is 11.0 Å². The summed E-state index contributed by atoms with van der Waals surface area (Å²) < 4.78 is 1.91. The minimum absolute atomic E-state index is 0.369. The van der Waals surface area contributed by atoms with E-state index in [1.165, 1.54) is 6.33 Å². The third-order valence-electron chi connectivity index (χ3n) is 3.37. The average molecular weight is 283 g/mol. The van der Waals surface area contributed by atoms with Gasteiger partial charge in [-0.25, -0.2) is 9.97 Å². The monoisotopic (exact) mass is 282 g/mol. The molecule has 3 aromatic rings. The number of aryl methyl sites for hydroxylation is 1. The summed E-state index contributed by atoms with van der Waals surface area (Å²) in [6.07, 6.45) is 2.05. The fraction of sp³-hybridized carbons (Fsp3) is 0.133. The Morgan fingerprint density at radius 2 is 2.00 bits per heavy atom. The van der Waals surface area contributed by atoms with Crippen molar-refractivity contribution < 1.29 is 0 Å². The maximum atomic E-state index is 9.43. The molecule has 4 nitrogen and oxygen atoms in total. The van der Waals surface area contributed by atoms with E-state index in [2.05, 4.69) is 16.0 Å². The van der Waals surface area contributed by atoms with Gasteiger partial charge in [-0.1, -0.05) is 41.9 Å². The van der Waals surface area contributed by atoms with E-state index in [-0.39, 0.29) is 0 Å². The summed E-state index contributed by atoms with van der Waals surface area (Å²) in [4.78, 5) is 8.19. The molecule has 0 unspecified atom stereocenters. The molecule has 0 saturated carbocycles. The van der Waals surface area contributed by atoms with Crippen molar-refractivity contribution in [3.05, 3.63) is 58.6 Å². The fourth-order valence-electron chi connectivity index (χ4n) is 2.39. The maximum absolute atomic E-state index is 9.43. The molecular weight excluding hydrogens is 272 g/mol. The molecular formula is C15H11ClN4. The van der Waals surface area contributed by atoms with Crippen LogP contribution in [0.15, 0.2) is 36.7 Å². The van der Waals surface area contributed by atoms with Gasteiger partial charge >= 0.3 is 0 Å². The summed E-state index contributed by atoms with van der Waals surface area (Å²) in [6.45, 7) is 0. The van der Waals surface area contributed by atoms with Gasteiger partial charge in [0.25, 0.3) is 0 Å². The van der Waals surface area contributed by atoms with Crippen molar-refractivity contribution in [1.29, 1.82) is 5.26 Å². The normalized spacial score (nSPS) is 10.7. The van der Waals surface area contributed by atoms with Crippen LogP contribution in [0.1, 0.15) is 16.8 Å². The summed E-state index contributed by atoms with van der Waals surface area (Å²) in [5, 5.41) is 9.80. The molecule has 0 aliphatic carbocycles. The highest BCUT2D eigenvalue weighted by molar-refractivity contribution is 6.33. The van der Waals surface area contributed by atoms with Crippen molar-refractivity contribution in [3.63, 3.8) is 0 Å². The smallest absolute Gasteiger partial charge is 0.156 e. The van der Waals surface area contributed by atoms with Gasteiger partial charge in [0.1, 0.15) is 23.4 Å². The standard InChI is InChI=1S/C15H11ClN4/c1-20-12(7-10-5-3-2-4-6-10)11(8-17)13-14(20)15(16)19-9-18-13/h2-6,9H,7H2,1H3. The van der Waals surface area contributed by atoms with Crippen LogP contribution >= 0.6 is 11.6 Å². The van der Waals surface area contributed by atoms with Crippen LogP contribution in [-0.4, -0.2) is 14.5 Å². The van der Waals surface area contributed by atoms with Crippen LogP contribution in [0.2, 0.25) is 5.15 Å². The molecule has 0 saturated heterocycles. The number of aromatic nitrogens is 3. The number of benzene rings is 1. The lowest BCUT2D eigenvalue weighted by Gasteiger charge is -2.05. The van der Waals surface area contributed by atoms with Crippen LogP contribution in [0, 0.1) is 11.3 Å². The van der Waals surface area contributed by atoms with Gasteiger partial charge in [0.15, 0.2) is 5.15 Å². The number of hydrogen-bond acceptors (Lipinski definition) is 3. The van der Waals surface area contributed by atoms with Gasteiger partial charge in [-0.2, -0.15) is 5.26 Å². The molecule has 3 rings (SSSR count). The molecule has 1 aromatic carbocycles. The Morgan fingerprint density at radius 1 is 1.25 bits per heavy atom. The predicted octanol–water partition coefficient (Wildman–Crippen LogP) is 3.08. The molecule has 2 aromatic heterocycles. The molecule has 0 N–H and O–H groups in total. The Morgan fingerprint density at radius 3 is 2.70 bits per heavy atom. The van der Waals surface area contributed by atoms with E-state index in [4.69, 9.17) is 11.6 Å². The zero-order valence-electron chi connectivity index (χ0n) is 10.8. The second-order valence-electron chi connectivity index (χ2n) is 4.52. The molecule has 0 fully saturated rings. The third-order valence-corrected chi connectivity index (χ3v) is 3.65. The van der Waals surface area contributed by atoms with Crippen LogP contribution in [0.3, 0.4) is 0 Å². The van der Waals surface area contributed by atoms with Crippen molar-refractivity contribution in [1.82, 2.24) is 14.5 Å². The minimum atomic E-state index is 0.369. The number of hydrogen-bond donors (Lipinski definition) is 0. The van der Waals surface area contributed by atoms with Crippen molar-refractivity contribution in [3.8, 4) is 6.07 Å². The van der Waals surface area contributed by atoms with Gasteiger partial charge in [-0.05, 0) is 5.56 Å². The Hall–Kier alpha value is -2.38. The summed E-state index contributed by atoms with van der Waals surface area (Å²) in [6, 6.07) is 12.2. The molecule has 0 radical (unpaired) electrons. The largest absolute Gasteiger partial charge is 0.342 e. The van der Waals surface area contributed by atoms with Crippen LogP contribution in [0.5, 0.6) is 0 Å². The summed E-state index contributed by atoms with van der Waals surface area (Å²) in [7, 11) is 1.89. The molecule has 0 aliphatic rings. The topological polar surface area (TPSA) is 54.5 Å². The number of nitriles is 1. The van der Waals surface area contributed by atoms with Crippen LogP contribution < -0.4 is 0 Å². The van der Waals surface area contributed by atoms with E-state index in [1.807, 2.05) is 41.9 Å². The predicted molar refractivity (Wildman–Crippen MR) is 77.5 cm³/mol. The second kappa shape index (κ2) is 4.95. The van der Waals surface area contributed by atoms with Crippen molar-refractivity contribution >= 4 is 22.6 Å². The van der Waals surface area contributed by atoms with Gasteiger partial charge in [0, 0.05) is 19.2 Å². The fourth-order valence-corrected chi connectivity index (χ4v) is 2.65. The number of nitrogens with zero attached hydrogens (tertiary/aromatic N) is 4. The quantitative estimate of drug-likeness (QED) is 0.679. The van der Waals surface area contributed by atoms with Gasteiger partial charge < -0.3 is 4.57 Å². The summed E-state index contributed by atoms with van der Waals surface area (Å²) in [5.41, 5.74) is 3.92. The van der Waals surface area contributed by atoms with E-state index < -0.39 is 0 Å². The van der Waals surface area contributed by atoms with Crippen molar-refractivity contribution in [2.75, 3.05) is 0 Å². The molecule has 5 heteroatoms. The van der Waals surface area contributed by atoms with Crippen molar-refractivity contribution in [2.45, 2.75) is 6.42 Å². The number of halogens is 1. The van der Waals surface area contributed by atoms with Crippen LogP contribution in [0.4, 0.5) is 0 Å². The van der Waals surface area contributed by atoms with Crippen LogP contribution in [-0.2, 0) is 13.5 Å². The number of rotatable bonds is 2. The Labute approximate surface area is 121 Å². The molecule has 0 aliphatic heterocycles. The molecule has 0 atom stereocenters. The minimum Gasteiger partial charge on any atom is -0.342 e. The van der Waals surface area contributed by atoms with Gasteiger partial charge in [0.05, 0.1) is 5.56 Å². The highest BCUT2D eigenvalue weighted by Gasteiger charge is 2.18. The molecule has 0 bridgehead atoms. The maximum Gasteiger partial charge on any atom is 0.156 e. The Kier molecular flexibility index (Phi) is 3.13. The summed E-state index contributed by atoms with van der Waals surface area (Å²) in [5.74, 6) is 0. The second-order valence-corrected chi connectivity index (χ2v) is 4.87. The third kappa shape index (κ3) is 1.93. The van der Waals surface area contributed by atoms with Gasteiger partial charge in [-0.15, -0.1) is 0 Å². The first kappa shape index (κ1) is 12.6. The van der Waals surface area contributed by atoms with E-state index in [0.29, 0.717) is 28.2 Å². The zero-order valence-corrected chi connectivity index (χ0v) is 11.6. The lowest BCUT2D eigenvalue weighted by atomic mass is 10.1. The highest BCUT2D eigenvalue weighted by Crippen LogP contribution is 2.28. The molecule has 0 spiro atoms. The summed E-state index contributed by atoms with van der Waals surface area (Å²) >= 11 is 6.13. The molecule has 0 amide bonds. The lowest BCUT2D eigenvalue weighted by molar-refractivity contribution is 0.875. The molecule has 98 valence electrons. The molecule has 2 heterocycles. The van der Waals surface area contributed by atoms with Gasteiger partial charge in [0.2, 0.25) is 0 Å². The lowest BCUT2D eigenvalue weighted by Crippen LogP contribution is -1.99. The van der Waals surface area contributed by atoms with E-state index in [9.17, 15) is 5.26 Å². The van der Waals surface area contributed by atoms with Gasteiger partial charge in [-0.3, -0.25) is 0 Å². The van der Waals surface area contributed by atoms with E-state index >= 15 is 0 Å². The molecule has 20 heavy (non-hydrogen) atoms. The highest BCUT2D eigenvalue weighted by atomic mass is 35.5. The zero-order chi connectivity index (χ0) is 14.1. The Bertz CT molecular complexity index is 815. The Balaban J connectivity index is 2.23. The van der Waals surface area contributed by atoms with Crippen molar-refractivity contribution in [2.24, 2.45) is 7.05 Å². The number of fused-ring (bicyclic) bond motifs is 1. The first-order valence-electron chi connectivity index (χ1n) is 6.14. The first-order valence-corrected chi connectivity index (χ1v) is 6.52. The SMILES string of the molecule is Cn1c(Cc2ccccc2)c(C#N)c2ncnc(Cl)c21. The first-order chi connectivity index (χ1) is 9.72.